The van der Waals surface area contributed by atoms with Crippen molar-refractivity contribution in [3.8, 4) is 11.5 Å². The average Bonchev–Trinajstić information content (AvgIpc) is 3.29. The van der Waals surface area contributed by atoms with Gasteiger partial charge in [-0.3, -0.25) is 10.1 Å². The van der Waals surface area contributed by atoms with E-state index >= 15 is 0 Å². The number of carbonyl (C=O) groups excluding carboxylic acids is 1. The van der Waals surface area contributed by atoms with E-state index in [0.717, 1.165) is 37.7 Å². The van der Waals surface area contributed by atoms with Crippen molar-refractivity contribution < 1.29 is 17.6 Å². The Bertz CT molecular complexity index is 1150. The van der Waals surface area contributed by atoms with Crippen LogP contribution in [0.15, 0.2) is 63.9 Å². The van der Waals surface area contributed by atoms with Crippen LogP contribution in [0.4, 0.5) is 6.01 Å². The molecular weight excluding hydrogens is 428 g/mol. The Morgan fingerprint density at radius 1 is 1.03 bits per heavy atom. The summed E-state index contributed by atoms with van der Waals surface area (Å²) in [4.78, 5) is 12.7. The quantitative estimate of drug-likeness (QED) is 0.570. The largest absolute Gasteiger partial charge is 0.403 e. The monoisotopic (exact) mass is 454 g/mol. The molecule has 8 nitrogen and oxygen atoms in total. The molecule has 4 rings (SSSR count). The lowest BCUT2D eigenvalue weighted by molar-refractivity contribution is 0.102. The molecule has 0 bridgehead atoms. The zero-order valence-electron chi connectivity index (χ0n) is 17.9. The standard InChI is InChI=1S/C23H26N4O4S/c1-2-27(19-11-7-4-8-12-19)32(29,30)20-15-13-17(14-16-20)21(28)24-23-26-25-22(31-23)18-9-5-3-6-10-18/h3,5-6,9-10,13-16,19H,2,4,7-8,11-12H2,1H3,(H,24,26,28). The fourth-order valence-electron chi connectivity index (χ4n) is 4.05. The number of aromatic nitrogens is 2. The van der Waals surface area contributed by atoms with E-state index in [2.05, 4.69) is 15.5 Å². The minimum atomic E-state index is -3.62. The van der Waals surface area contributed by atoms with Crippen LogP contribution in [-0.2, 0) is 10.0 Å². The Morgan fingerprint density at radius 3 is 2.38 bits per heavy atom. The minimum absolute atomic E-state index is 0.0278. The van der Waals surface area contributed by atoms with E-state index in [4.69, 9.17) is 4.42 Å². The molecule has 0 spiro atoms. The van der Waals surface area contributed by atoms with Crippen LogP contribution in [-0.4, -0.2) is 41.4 Å². The van der Waals surface area contributed by atoms with Gasteiger partial charge in [0, 0.05) is 23.7 Å². The van der Waals surface area contributed by atoms with Gasteiger partial charge in [0.2, 0.25) is 15.9 Å². The summed E-state index contributed by atoms with van der Waals surface area (Å²) in [5, 5.41) is 10.3. The molecule has 1 N–H and O–H groups in total. The summed E-state index contributed by atoms with van der Waals surface area (Å²) >= 11 is 0. The van der Waals surface area contributed by atoms with E-state index in [1.54, 1.807) is 4.31 Å². The first-order valence-electron chi connectivity index (χ1n) is 10.8. The number of nitrogens with one attached hydrogen (secondary N) is 1. The molecule has 0 saturated heterocycles. The maximum atomic E-state index is 13.2. The maximum absolute atomic E-state index is 13.2. The number of rotatable bonds is 7. The summed E-state index contributed by atoms with van der Waals surface area (Å²) in [6, 6.07) is 15.2. The van der Waals surface area contributed by atoms with E-state index in [9.17, 15) is 13.2 Å². The van der Waals surface area contributed by atoms with Crippen molar-refractivity contribution >= 4 is 21.9 Å². The summed E-state index contributed by atoms with van der Waals surface area (Å²) < 4.78 is 33.4. The Balaban J connectivity index is 1.46. The maximum Gasteiger partial charge on any atom is 0.322 e. The zero-order chi connectivity index (χ0) is 22.6. The number of carbonyl (C=O) groups is 1. The smallest absolute Gasteiger partial charge is 0.322 e. The predicted octanol–water partition coefficient (Wildman–Crippen LogP) is 4.33. The Labute approximate surface area is 187 Å². The van der Waals surface area contributed by atoms with Crippen LogP contribution < -0.4 is 5.32 Å². The molecule has 1 aliphatic carbocycles. The fraction of sp³-hybridized carbons (Fsp3) is 0.348. The summed E-state index contributed by atoms with van der Waals surface area (Å²) in [6.07, 6.45) is 5.05. The summed E-state index contributed by atoms with van der Waals surface area (Å²) in [5.74, 6) is -0.165. The van der Waals surface area contributed by atoms with Crippen LogP contribution in [0.1, 0.15) is 49.4 Å². The van der Waals surface area contributed by atoms with E-state index in [1.165, 1.54) is 24.3 Å². The van der Waals surface area contributed by atoms with Crippen molar-refractivity contribution in [2.75, 3.05) is 11.9 Å². The second-order valence-corrected chi connectivity index (χ2v) is 9.65. The van der Waals surface area contributed by atoms with Gasteiger partial charge in [0.25, 0.3) is 5.91 Å². The number of benzene rings is 2. The Hall–Kier alpha value is -3.04. The van der Waals surface area contributed by atoms with Crippen molar-refractivity contribution in [2.24, 2.45) is 0 Å². The third kappa shape index (κ3) is 4.73. The van der Waals surface area contributed by atoms with Gasteiger partial charge in [0.1, 0.15) is 0 Å². The lowest BCUT2D eigenvalue weighted by Crippen LogP contribution is -2.41. The summed E-state index contributed by atoms with van der Waals surface area (Å²) in [5.41, 5.74) is 1.04. The Kier molecular flexibility index (Phi) is 6.66. The summed E-state index contributed by atoms with van der Waals surface area (Å²) in [6.45, 7) is 2.29. The van der Waals surface area contributed by atoms with Gasteiger partial charge in [-0.05, 0) is 49.2 Å². The molecule has 1 fully saturated rings. The highest BCUT2D eigenvalue weighted by Gasteiger charge is 2.31. The Morgan fingerprint density at radius 2 is 1.72 bits per heavy atom. The van der Waals surface area contributed by atoms with Gasteiger partial charge in [-0.1, -0.05) is 49.5 Å². The number of amides is 1. The highest BCUT2D eigenvalue weighted by Crippen LogP contribution is 2.28. The van der Waals surface area contributed by atoms with Gasteiger partial charge in [0.05, 0.1) is 4.90 Å². The third-order valence-electron chi connectivity index (χ3n) is 5.68. The molecule has 168 valence electrons. The van der Waals surface area contributed by atoms with Gasteiger partial charge in [-0.2, -0.15) is 4.31 Å². The van der Waals surface area contributed by atoms with Gasteiger partial charge in [0.15, 0.2) is 0 Å². The molecule has 1 aromatic heterocycles. The van der Waals surface area contributed by atoms with Crippen LogP contribution in [0.25, 0.3) is 11.5 Å². The first kappa shape index (κ1) is 22.2. The van der Waals surface area contributed by atoms with Gasteiger partial charge in [-0.25, -0.2) is 8.42 Å². The van der Waals surface area contributed by atoms with Crippen molar-refractivity contribution in [1.82, 2.24) is 14.5 Å². The molecule has 2 aromatic carbocycles. The first-order valence-corrected chi connectivity index (χ1v) is 12.2. The van der Waals surface area contributed by atoms with Crippen LogP contribution in [0, 0.1) is 0 Å². The molecule has 0 atom stereocenters. The molecule has 1 aliphatic rings. The number of nitrogens with zero attached hydrogens (tertiary/aromatic N) is 3. The topological polar surface area (TPSA) is 105 Å². The SMILES string of the molecule is CCN(C1CCCCC1)S(=O)(=O)c1ccc(C(=O)Nc2nnc(-c3ccccc3)o2)cc1. The molecule has 3 aromatic rings. The fourth-order valence-corrected chi connectivity index (χ4v) is 5.74. The van der Waals surface area contributed by atoms with Gasteiger partial charge >= 0.3 is 6.01 Å². The zero-order valence-corrected chi connectivity index (χ0v) is 18.7. The van der Waals surface area contributed by atoms with Gasteiger partial charge < -0.3 is 4.42 Å². The van der Waals surface area contributed by atoms with E-state index in [1.807, 2.05) is 37.3 Å². The highest BCUT2D eigenvalue weighted by molar-refractivity contribution is 7.89. The van der Waals surface area contributed by atoms with Crippen LogP contribution in [0.3, 0.4) is 0 Å². The van der Waals surface area contributed by atoms with Gasteiger partial charge in [-0.15, -0.1) is 5.10 Å². The first-order chi connectivity index (χ1) is 15.5. The lowest BCUT2D eigenvalue weighted by Gasteiger charge is -2.32. The summed E-state index contributed by atoms with van der Waals surface area (Å²) in [7, 11) is -3.62. The molecule has 1 heterocycles. The normalized spacial score (nSPS) is 15.1. The molecule has 1 saturated carbocycles. The molecule has 0 aliphatic heterocycles. The molecule has 9 heteroatoms. The van der Waals surface area contributed by atoms with E-state index in [0.29, 0.717) is 18.0 Å². The number of sulfonamides is 1. The predicted molar refractivity (Wildman–Crippen MR) is 121 cm³/mol. The van der Waals surface area contributed by atoms with Crippen molar-refractivity contribution in [2.45, 2.75) is 50.0 Å². The third-order valence-corrected chi connectivity index (χ3v) is 7.72. The molecule has 32 heavy (non-hydrogen) atoms. The van der Waals surface area contributed by atoms with Crippen LogP contribution in [0.2, 0.25) is 0 Å². The molecule has 0 radical (unpaired) electrons. The second-order valence-electron chi connectivity index (χ2n) is 7.76. The molecule has 0 unspecified atom stereocenters. The number of hydrogen-bond acceptors (Lipinski definition) is 6. The van der Waals surface area contributed by atoms with Crippen LogP contribution >= 0.6 is 0 Å². The molecular formula is C23H26N4O4S. The number of hydrogen-bond donors (Lipinski definition) is 1. The van der Waals surface area contributed by atoms with E-state index < -0.39 is 15.9 Å². The number of anilines is 1. The minimum Gasteiger partial charge on any atom is -0.403 e. The van der Waals surface area contributed by atoms with Crippen molar-refractivity contribution in [3.05, 3.63) is 60.2 Å². The average molecular weight is 455 g/mol. The highest BCUT2D eigenvalue weighted by atomic mass is 32.2. The molecule has 1 amide bonds. The second kappa shape index (κ2) is 9.62. The lowest BCUT2D eigenvalue weighted by atomic mass is 9.95. The van der Waals surface area contributed by atoms with Crippen molar-refractivity contribution in [1.29, 1.82) is 0 Å². The van der Waals surface area contributed by atoms with Crippen molar-refractivity contribution in [3.63, 3.8) is 0 Å². The van der Waals surface area contributed by atoms with Crippen LogP contribution in [0.5, 0.6) is 0 Å². The van der Waals surface area contributed by atoms with E-state index in [-0.39, 0.29) is 17.0 Å².